The van der Waals surface area contributed by atoms with Crippen LogP contribution in [0.15, 0.2) is 11.6 Å². The number of hydrogen-bond donors (Lipinski definition) is 2. The maximum Gasteiger partial charge on any atom is 0.226 e. The Morgan fingerprint density at radius 2 is 1.74 bits per heavy atom. The van der Waals surface area contributed by atoms with Gasteiger partial charge in [0, 0.05) is 57.1 Å². The molecule has 7 nitrogen and oxygen atoms in total. The van der Waals surface area contributed by atoms with Gasteiger partial charge in [-0.3, -0.25) is 9.59 Å². The van der Waals surface area contributed by atoms with E-state index in [0.717, 1.165) is 71.2 Å². The van der Waals surface area contributed by atoms with Crippen LogP contribution in [0, 0.1) is 5.41 Å². The zero-order chi connectivity index (χ0) is 21.9. The zero-order valence-corrected chi connectivity index (χ0v) is 19.9. The summed E-state index contributed by atoms with van der Waals surface area (Å²) in [5.74, 6) is 0.0772. The lowest BCUT2D eigenvalue weighted by Gasteiger charge is -2.36. The van der Waals surface area contributed by atoms with Gasteiger partial charge in [0.25, 0.3) is 0 Å². The van der Waals surface area contributed by atoms with Crippen LogP contribution in [0.4, 0.5) is 5.13 Å². The van der Waals surface area contributed by atoms with Crippen molar-refractivity contribution in [2.24, 2.45) is 5.41 Å². The molecule has 2 N–H and O–H groups in total. The monoisotopic (exact) mass is 449 g/mol. The molecule has 0 radical (unpaired) electrons. The fraction of sp³-hybridized carbons (Fsp3) is 0.783. The van der Waals surface area contributed by atoms with Crippen molar-refractivity contribution in [3.63, 3.8) is 0 Å². The first-order chi connectivity index (χ1) is 15.1. The van der Waals surface area contributed by atoms with E-state index in [1.54, 1.807) is 6.20 Å². The number of amides is 2. The summed E-state index contributed by atoms with van der Waals surface area (Å²) < 4.78 is 0. The second-order valence-corrected chi connectivity index (χ2v) is 10.0. The van der Waals surface area contributed by atoms with Crippen molar-refractivity contribution in [1.29, 1.82) is 0 Å². The van der Waals surface area contributed by atoms with Crippen LogP contribution in [-0.2, 0) is 9.59 Å². The highest BCUT2D eigenvalue weighted by Crippen LogP contribution is 2.42. The predicted molar refractivity (Wildman–Crippen MR) is 126 cm³/mol. The second-order valence-electron chi connectivity index (χ2n) is 9.13. The van der Waals surface area contributed by atoms with Crippen molar-refractivity contribution >= 4 is 28.3 Å². The molecule has 2 amide bonds. The molecule has 0 spiro atoms. The molecule has 2 aliphatic rings. The van der Waals surface area contributed by atoms with Crippen LogP contribution in [0.5, 0.6) is 0 Å². The summed E-state index contributed by atoms with van der Waals surface area (Å²) in [5.41, 5.74) is -0.206. The van der Waals surface area contributed by atoms with Crippen LogP contribution in [0.1, 0.15) is 64.7 Å². The minimum atomic E-state index is -0.206. The number of unbranched alkanes of at least 4 members (excludes halogenated alkanes) is 1. The van der Waals surface area contributed by atoms with Crippen LogP contribution in [0.25, 0.3) is 0 Å². The predicted octanol–water partition coefficient (Wildman–Crippen LogP) is 3.35. The summed E-state index contributed by atoms with van der Waals surface area (Å²) in [6.45, 7) is 9.88. The standard InChI is InChI=1S/C23H39N5O2S/c1-2-27-13-15-28(16-14-27)12-7-6-10-24-20(29)18-23(8-4-3-5-9-23)19-21(30)26-22-25-11-17-31-22/h11,17H,2-10,12-16,18-19H2,1H3,(H,24,29)(H,25,26,30). The van der Waals surface area contributed by atoms with Crippen molar-refractivity contribution in [1.82, 2.24) is 20.1 Å². The van der Waals surface area contributed by atoms with E-state index >= 15 is 0 Å². The lowest BCUT2D eigenvalue weighted by Crippen LogP contribution is -2.46. The number of aromatic nitrogens is 1. The van der Waals surface area contributed by atoms with Gasteiger partial charge in [0.05, 0.1) is 0 Å². The second kappa shape index (κ2) is 12.5. The number of anilines is 1. The van der Waals surface area contributed by atoms with E-state index in [4.69, 9.17) is 0 Å². The molecule has 0 aromatic carbocycles. The molecule has 0 bridgehead atoms. The fourth-order valence-electron chi connectivity index (χ4n) is 4.93. The SMILES string of the molecule is CCN1CCN(CCCCNC(=O)CC2(CC(=O)Nc3nccs3)CCCCC2)CC1. The molecule has 31 heavy (non-hydrogen) atoms. The summed E-state index contributed by atoms with van der Waals surface area (Å²) in [6, 6.07) is 0. The van der Waals surface area contributed by atoms with Crippen molar-refractivity contribution in [3.05, 3.63) is 11.6 Å². The molecule has 1 saturated carbocycles. The third-order valence-corrected chi connectivity index (χ3v) is 7.49. The normalized spacial score (nSPS) is 19.8. The molecular formula is C23H39N5O2S. The first-order valence-electron chi connectivity index (χ1n) is 12.0. The Bertz CT molecular complexity index is 668. The van der Waals surface area contributed by atoms with Crippen LogP contribution >= 0.6 is 11.3 Å². The highest BCUT2D eigenvalue weighted by Gasteiger charge is 2.36. The Kier molecular flexibility index (Phi) is 9.74. The Balaban J connectivity index is 1.35. The number of likely N-dealkylation sites (N-methyl/N-ethyl adjacent to an activating group) is 1. The molecule has 1 saturated heterocycles. The molecule has 3 rings (SSSR count). The number of nitrogens with zero attached hydrogens (tertiary/aromatic N) is 3. The smallest absolute Gasteiger partial charge is 0.226 e. The van der Waals surface area contributed by atoms with E-state index < -0.39 is 0 Å². The van der Waals surface area contributed by atoms with E-state index in [-0.39, 0.29) is 17.2 Å². The topological polar surface area (TPSA) is 77.6 Å². The zero-order valence-electron chi connectivity index (χ0n) is 19.0. The summed E-state index contributed by atoms with van der Waals surface area (Å²) in [6.07, 6.45) is 9.99. The number of carbonyl (C=O) groups is 2. The molecule has 1 aromatic rings. The first-order valence-corrected chi connectivity index (χ1v) is 12.9. The van der Waals surface area contributed by atoms with E-state index in [1.807, 2.05) is 5.38 Å². The Hall–Kier alpha value is -1.51. The number of piperazine rings is 1. The molecule has 174 valence electrons. The molecule has 8 heteroatoms. The van der Waals surface area contributed by atoms with Crippen LogP contribution in [0.2, 0.25) is 0 Å². The number of hydrogen-bond acceptors (Lipinski definition) is 6. The molecule has 0 atom stereocenters. The van der Waals surface area contributed by atoms with Gasteiger partial charge in [-0.2, -0.15) is 0 Å². The third kappa shape index (κ3) is 8.16. The summed E-state index contributed by atoms with van der Waals surface area (Å²) in [5, 5.41) is 8.50. The van der Waals surface area contributed by atoms with Crippen LogP contribution in [0.3, 0.4) is 0 Å². The molecule has 1 aliphatic carbocycles. The quantitative estimate of drug-likeness (QED) is 0.507. The summed E-state index contributed by atoms with van der Waals surface area (Å²) in [4.78, 5) is 34.4. The van der Waals surface area contributed by atoms with Gasteiger partial charge < -0.3 is 20.4 Å². The highest BCUT2D eigenvalue weighted by atomic mass is 32.1. The minimum absolute atomic E-state index is 0.0205. The average Bonchev–Trinajstić information content (AvgIpc) is 3.27. The Morgan fingerprint density at radius 1 is 1.03 bits per heavy atom. The molecule has 2 fully saturated rings. The van der Waals surface area contributed by atoms with Crippen LogP contribution in [-0.4, -0.2) is 72.4 Å². The third-order valence-electron chi connectivity index (χ3n) is 6.80. The molecule has 0 unspecified atom stereocenters. The van der Waals surface area contributed by atoms with Gasteiger partial charge in [0.15, 0.2) is 5.13 Å². The molecule has 1 aromatic heterocycles. The highest BCUT2D eigenvalue weighted by molar-refractivity contribution is 7.13. The van der Waals surface area contributed by atoms with Crippen molar-refractivity contribution in [2.75, 3.05) is 51.1 Å². The Morgan fingerprint density at radius 3 is 2.42 bits per heavy atom. The van der Waals surface area contributed by atoms with E-state index in [1.165, 1.54) is 30.8 Å². The van der Waals surface area contributed by atoms with E-state index in [9.17, 15) is 9.59 Å². The average molecular weight is 450 g/mol. The van der Waals surface area contributed by atoms with E-state index in [0.29, 0.717) is 18.0 Å². The molecule has 2 heterocycles. The first kappa shape index (κ1) is 24.1. The lowest BCUT2D eigenvalue weighted by molar-refractivity contribution is -0.125. The van der Waals surface area contributed by atoms with Crippen molar-refractivity contribution < 1.29 is 9.59 Å². The number of thiazole rings is 1. The maximum absolute atomic E-state index is 12.7. The number of carbonyl (C=O) groups excluding carboxylic acids is 2. The van der Waals surface area contributed by atoms with Gasteiger partial charge in [0.2, 0.25) is 11.8 Å². The van der Waals surface area contributed by atoms with Gasteiger partial charge in [-0.15, -0.1) is 11.3 Å². The van der Waals surface area contributed by atoms with Gasteiger partial charge in [-0.05, 0) is 44.2 Å². The van der Waals surface area contributed by atoms with Gasteiger partial charge >= 0.3 is 0 Å². The minimum Gasteiger partial charge on any atom is -0.356 e. The van der Waals surface area contributed by atoms with E-state index in [2.05, 4.69) is 32.3 Å². The largest absolute Gasteiger partial charge is 0.356 e. The Labute approximate surface area is 191 Å². The van der Waals surface area contributed by atoms with Gasteiger partial charge in [-0.25, -0.2) is 4.98 Å². The lowest BCUT2D eigenvalue weighted by atomic mass is 9.69. The molecular weight excluding hydrogens is 410 g/mol. The fourth-order valence-corrected chi connectivity index (χ4v) is 5.47. The maximum atomic E-state index is 12.7. The summed E-state index contributed by atoms with van der Waals surface area (Å²) in [7, 11) is 0. The summed E-state index contributed by atoms with van der Waals surface area (Å²) >= 11 is 1.43. The van der Waals surface area contributed by atoms with Crippen molar-refractivity contribution in [3.8, 4) is 0 Å². The number of rotatable bonds is 11. The van der Waals surface area contributed by atoms with Gasteiger partial charge in [-0.1, -0.05) is 26.2 Å². The van der Waals surface area contributed by atoms with Crippen molar-refractivity contribution in [2.45, 2.75) is 64.7 Å². The van der Waals surface area contributed by atoms with Crippen LogP contribution < -0.4 is 10.6 Å². The number of nitrogens with one attached hydrogen (secondary N) is 2. The molecule has 1 aliphatic heterocycles. The van der Waals surface area contributed by atoms with Gasteiger partial charge in [0.1, 0.15) is 0 Å².